The highest BCUT2D eigenvalue weighted by molar-refractivity contribution is 7.88. The van der Waals surface area contributed by atoms with Gasteiger partial charge in [-0.3, -0.25) is 64.7 Å². The van der Waals surface area contributed by atoms with Crippen LogP contribution in [0.15, 0.2) is 170 Å². The summed E-state index contributed by atoms with van der Waals surface area (Å²) in [5.41, 5.74) is -8.58. The Morgan fingerprint density at radius 1 is 0.230 bits per heavy atom. The van der Waals surface area contributed by atoms with Gasteiger partial charge in [-0.1, -0.05) is 0 Å². The second kappa shape index (κ2) is 26.2. The fourth-order valence-corrected chi connectivity index (χ4v) is 16.2. The Kier molecular flexibility index (Phi) is 20.0. The average Bonchev–Trinajstić information content (AvgIpc) is 0.744. The number of urea groups is 1. The Morgan fingerprint density at radius 2 is 0.460 bits per heavy atom. The van der Waals surface area contributed by atoms with Gasteiger partial charge in [-0.15, -0.1) is 0 Å². The van der Waals surface area contributed by atoms with Crippen LogP contribution in [0.25, 0.3) is 21.5 Å². The van der Waals surface area contributed by atoms with Crippen molar-refractivity contribution in [2.75, 3.05) is 31.9 Å². The van der Waals surface area contributed by atoms with Crippen LogP contribution in [0.3, 0.4) is 0 Å². The molecule has 0 aliphatic heterocycles. The smallest absolute Gasteiger partial charge is 0.322 e. The van der Waals surface area contributed by atoms with Crippen molar-refractivity contribution in [1.29, 1.82) is 0 Å². The largest absolute Gasteiger partial charge is 0.323 e. The maximum absolute atomic E-state index is 13.7. The number of benzene rings is 8. The number of rotatable bonds is 20. The van der Waals surface area contributed by atoms with E-state index in [2.05, 4.69) is 0 Å². The van der Waals surface area contributed by atoms with Crippen molar-refractivity contribution in [3.8, 4) is 0 Å². The topological polar surface area (TPSA) is 701 Å². The molecule has 0 heterocycles. The summed E-state index contributed by atoms with van der Waals surface area (Å²) in [6.45, 7) is 0. The SMILES string of the molecule is O=C(Nc1ccc(C(=O)Nc2ccc(C(=O)Nc3ccc(S(=O)(=O)O)c4cc(S(=O)(=O)O)cc(S(=O)(=O)O)c34)c(S(=O)(=O)O)c2)c(S(=O)(=O)O)c1)Nc1ccc(C(=O)Nc2ccc(C(=O)Nc3ccc(S(=O)(=O)O)c4cc(S(=O)(=O)O)cc(S(=O)(=O)O)c34)c(S(=O)(=O)O)c2)c(S(=O)(=O)O)c1. The Morgan fingerprint density at radius 3 is 0.690 bits per heavy atom. The Balaban J connectivity index is 1.02. The number of carbonyl (C=O) groups is 5. The molecule has 532 valence electrons. The van der Waals surface area contributed by atoms with E-state index in [0.717, 1.165) is 24.3 Å². The number of anilines is 6. The number of amides is 6. The van der Waals surface area contributed by atoms with E-state index in [-0.39, 0.29) is 12.1 Å². The molecule has 0 spiro atoms. The van der Waals surface area contributed by atoms with Gasteiger partial charge in [0.05, 0.1) is 43.4 Å². The quantitative estimate of drug-likeness (QED) is 0.0487. The number of fused-ring (bicyclic) bond motifs is 2. The second-order valence-corrected chi connectivity index (χ2v) is 33.9. The summed E-state index contributed by atoms with van der Waals surface area (Å²) < 4.78 is 348. The van der Waals surface area contributed by atoms with Crippen molar-refractivity contribution in [2.24, 2.45) is 0 Å². The van der Waals surface area contributed by atoms with Crippen LogP contribution in [0.5, 0.6) is 0 Å². The highest BCUT2D eigenvalue weighted by Gasteiger charge is 2.33. The van der Waals surface area contributed by atoms with Gasteiger partial charge in [0.1, 0.15) is 39.2 Å². The fraction of sp³-hybridized carbons (Fsp3) is 0. The molecule has 6 amide bonds. The zero-order valence-corrected chi connectivity index (χ0v) is 56.0. The van der Waals surface area contributed by atoms with E-state index >= 15 is 0 Å². The molecule has 0 saturated heterocycles. The standard InChI is InChI=1S/C49H36N6O35S10/c56-45(50-21-1-5-29(37(13-21)95(73,74)75)47(58)54-33-9-11-35(93(67,68)69)31-17-25(91(61,62)63)19-41(43(31)33)99(85,86)87)27-7-3-23(15-39(27)97(79,80)81)52-49(60)53-24-4-8-28(40(16-24)98(82,83)84)46(57)51-22-2-6-30(38(14-22)96(76,77)78)48(59)55-34-10-12-36(94(70,71)72)32-18-26(92(64,65)66)20-42(44(32)34)100(88,89)90/h1-20H,(H,50,56)(H,51,57)(H,54,58)(H,55,59)(H2,52,53,60)(H,61,62,63)(H,64,65,66)(H,67,68,69)(H,70,71,72)(H,73,74,75)(H,76,77,78)(H,79,80,81)(H,82,83,84)(H,85,86,87)(H,88,89,90). The second-order valence-electron chi connectivity index (χ2n) is 19.9. The van der Waals surface area contributed by atoms with Crippen molar-refractivity contribution in [3.05, 3.63) is 144 Å². The van der Waals surface area contributed by atoms with E-state index in [0.29, 0.717) is 84.9 Å². The summed E-state index contributed by atoms with van der Waals surface area (Å²) >= 11 is 0. The predicted molar refractivity (Wildman–Crippen MR) is 336 cm³/mol. The maximum atomic E-state index is 13.7. The molecule has 8 rings (SSSR count). The monoisotopic (exact) mass is 1590 g/mol. The van der Waals surface area contributed by atoms with Crippen molar-refractivity contribution < 1.29 is 154 Å². The summed E-state index contributed by atoms with van der Waals surface area (Å²) in [6.07, 6.45) is 0. The molecular formula is C49H36N6O35S10. The number of nitrogens with one attached hydrogen (secondary N) is 6. The van der Waals surface area contributed by atoms with Gasteiger partial charge in [0.15, 0.2) is 0 Å². The molecule has 100 heavy (non-hydrogen) atoms. The first-order chi connectivity index (χ1) is 45.4. The lowest BCUT2D eigenvalue weighted by atomic mass is 10.1. The van der Waals surface area contributed by atoms with E-state index in [1.807, 2.05) is 31.9 Å². The van der Waals surface area contributed by atoms with Gasteiger partial charge in [0, 0.05) is 44.3 Å². The summed E-state index contributed by atoms with van der Waals surface area (Å²) in [5, 5.41) is 7.62. The van der Waals surface area contributed by atoms with Gasteiger partial charge in [0.2, 0.25) is 0 Å². The third kappa shape index (κ3) is 16.9. The van der Waals surface area contributed by atoms with E-state index in [1.54, 1.807) is 0 Å². The third-order valence-electron chi connectivity index (χ3n) is 13.3. The minimum Gasteiger partial charge on any atom is -0.322 e. The van der Waals surface area contributed by atoms with E-state index in [1.165, 1.54) is 0 Å². The normalized spacial score (nSPS) is 12.9. The zero-order chi connectivity index (χ0) is 75.1. The lowest BCUT2D eigenvalue weighted by Gasteiger charge is -2.16. The summed E-state index contributed by atoms with van der Waals surface area (Å²) in [7, 11) is -55.4. The van der Waals surface area contributed by atoms with Crippen LogP contribution in [0.1, 0.15) is 41.4 Å². The number of hydrogen-bond acceptors (Lipinski definition) is 25. The molecule has 0 aliphatic carbocycles. The molecule has 16 N–H and O–H groups in total. The number of hydrogen-bond donors (Lipinski definition) is 16. The molecule has 0 radical (unpaired) electrons. The minimum atomic E-state index is -5.68. The summed E-state index contributed by atoms with van der Waals surface area (Å²) in [4.78, 5) is 54.1. The van der Waals surface area contributed by atoms with Crippen LogP contribution in [0.2, 0.25) is 0 Å². The molecule has 41 nitrogen and oxygen atoms in total. The highest BCUT2D eigenvalue weighted by Crippen LogP contribution is 2.40. The van der Waals surface area contributed by atoms with Crippen molar-refractivity contribution >= 4 is 187 Å². The first-order valence-corrected chi connectivity index (χ1v) is 39.7. The van der Waals surface area contributed by atoms with Crippen LogP contribution in [0.4, 0.5) is 38.9 Å². The van der Waals surface area contributed by atoms with Gasteiger partial charge >= 0.3 is 6.03 Å². The van der Waals surface area contributed by atoms with E-state index < -0.39 is 258 Å². The van der Waals surface area contributed by atoms with Crippen LogP contribution >= 0.6 is 0 Å². The van der Waals surface area contributed by atoms with Gasteiger partial charge in [-0.25, -0.2) is 4.79 Å². The van der Waals surface area contributed by atoms with Crippen LogP contribution in [0, 0.1) is 0 Å². The van der Waals surface area contributed by atoms with Gasteiger partial charge in [-0.05, 0) is 121 Å². The maximum Gasteiger partial charge on any atom is 0.323 e. The third-order valence-corrected chi connectivity index (χ3v) is 22.1. The summed E-state index contributed by atoms with van der Waals surface area (Å²) in [6, 6.07) is 8.45. The molecule has 0 aliphatic rings. The van der Waals surface area contributed by atoms with E-state index in [4.69, 9.17) is 0 Å². The van der Waals surface area contributed by atoms with Crippen molar-refractivity contribution in [1.82, 2.24) is 0 Å². The van der Waals surface area contributed by atoms with Crippen LogP contribution in [-0.4, -0.2) is 159 Å². The summed E-state index contributed by atoms with van der Waals surface area (Å²) in [5.74, 6) is -6.37. The molecule has 8 aromatic rings. The fourth-order valence-electron chi connectivity index (χ4n) is 9.23. The molecular weight excluding hydrogens is 1550 g/mol. The lowest BCUT2D eigenvalue weighted by molar-refractivity contribution is 0.101. The molecule has 0 bridgehead atoms. The van der Waals surface area contributed by atoms with Gasteiger partial charge in [0.25, 0.3) is 125 Å². The minimum absolute atomic E-state index is 0.104. The highest BCUT2D eigenvalue weighted by atomic mass is 32.3. The van der Waals surface area contributed by atoms with Crippen molar-refractivity contribution in [3.63, 3.8) is 0 Å². The molecule has 8 aromatic carbocycles. The predicted octanol–water partition coefficient (Wildman–Crippen LogP) is 3.11. The van der Waals surface area contributed by atoms with Crippen LogP contribution in [-0.2, 0) is 101 Å². The molecule has 51 heteroatoms. The van der Waals surface area contributed by atoms with Crippen LogP contribution < -0.4 is 31.9 Å². The molecule has 0 unspecified atom stereocenters. The molecule has 0 fully saturated rings. The number of carbonyl (C=O) groups excluding carboxylic acids is 5. The average molecular weight is 1590 g/mol. The first-order valence-electron chi connectivity index (χ1n) is 25.3. The molecule has 0 atom stereocenters. The Labute approximate surface area is 560 Å². The lowest BCUT2D eigenvalue weighted by Crippen LogP contribution is -2.22. The van der Waals surface area contributed by atoms with Crippen molar-refractivity contribution in [2.45, 2.75) is 49.0 Å². The molecule has 0 aromatic heterocycles. The zero-order valence-electron chi connectivity index (χ0n) is 47.8. The molecule has 0 saturated carbocycles. The Hall–Kier alpha value is -9.47. The van der Waals surface area contributed by atoms with E-state index in [9.17, 15) is 154 Å². The van der Waals surface area contributed by atoms with Gasteiger partial charge < -0.3 is 31.9 Å². The Bertz CT molecular complexity index is 5870. The van der Waals surface area contributed by atoms with Gasteiger partial charge in [-0.2, -0.15) is 84.2 Å². The first kappa shape index (κ1) is 76.3.